The van der Waals surface area contributed by atoms with Crippen LogP contribution in [0.4, 0.5) is 0 Å². The van der Waals surface area contributed by atoms with E-state index in [0.29, 0.717) is 5.69 Å². The fraction of sp³-hybridized carbons (Fsp3) is 0.286. The van der Waals surface area contributed by atoms with Gasteiger partial charge in [0.1, 0.15) is 6.04 Å². The summed E-state index contributed by atoms with van der Waals surface area (Å²) in [5, 5.41) is 2.57. The van der Waals surface area contributed by atoms with Crippen LogP contribution < -0.4 is 5.32 Å². The number of pyridine rings is 1. The van der Waals surface area contributed by atoms with E-state index in [1.165, 1.54) is 14.0 Å². The molecule has 0 spiro atoms. The number of carbonyl (C=O) groups is 2. The largest absolute Gasteiger partial charge is 0.467 e. The molecule has 0 saturated heterocycles. The molecule has 0 aliphatic heterocycles. The Bertz CT molecular complexity index is 624. The summed E-state index contributed by atoms with van der Waals surface area (Å²) in [6.45, 7) is 1.35. The maximum Gasteiger partial charge on any atom is 0.328 e. The molecule has 21 heavy (non-hydrogen) atoms. The smallest absolute Gasteiger partial charge is 0.328 e. The Balaban J connectivity index is 2.24. The van der Waals surface area contributed by atoms with Gasteiger partial charge in [-0.3, -0.25) is 9.78 Å². The van der Waals surface area contributed by atoms with Gasteiger partial charge in [-0.25, -0.2) is 9.78 Å². The number of rotatable bonds is 5. The molecule has 1 amide bonds. The molecule has 2 N–H and O–H groups in total. The summed E-state index contributed by atoms with van der Waals surface area (Å²) in [6, 6.07) is 2.92. The number of methoxy groups -OCH3 is 1. The maximum absolute atomic E-state index is 11.7. The van der Waals surface area contributed by atoms with Crippen LogP contribution in [-0.4, -0.2) is 40.0 Å². The van der Waals surface area contributed by atoms with Crippen LogP contribution in [0.1, 0.15) is 12.6 Å². The molecule has 110 valence electrons. The zero-order chi connectivity index (χ0) is 15.2. The molecular formula is C14H16N4O3. The second-order valence-corrected chi connectivity index (χ2v) is 4.45. The first kappa shape index (κ1) is 14.7. The molecule has 0 aromatic carbocycles. The van der Waals surface area contributed by atoms with Crippen molar-refractivity contribution in [2.45, 2.75) is 19.4 Å². The van der Waals surface area contributed by atoms with Gasteiger partial charge < -0.3 is 15.0 Å². The first-order chi connectivity index (χ1) is 10.1. The number of imidazole rings is 1. The normalized spacial score (nSPS) is 11.7. The minimum Gasteiger partial charge on any atom is -0.467 e. The van der Waals surface area contributed by atoms with E-state index < -0.39 is 12.0 Å². The van der Waals surface area contributed by atoms with Gasteiger partial charge in [0.2, 0.25) is 5.91 Å². The Morgan fingerprint density at radius 3 is 2.90 bits per heavy atom. The van der Waals surface area contributed by atoms with Gasteiger partial charge in [0, 0.05) is 37.0 Å². The third-order valence-corrected chi connectivity index (χ3v) is 2.92. The number of aromatic nitrogens is 3. The van der Waals surface area contributed by atoms with Crippen molar-refractivity contribution in [2.75, 3.05) is 7.11 Å². The Morgan fingerprint density at radius 2 is 2.29 bits per heavy atom. The number of amides is 1. The summed E-state index contributed by atoms with van der Waals surface area (Å²) < 4.78 is 4.71. The molecule has 0 bridgehead atoms. The monoisotopic (exact) mass is 288 g/mol. The number of carbonyl (C=O) groups excluding carboxylic acids is 2. The Hall–Kier alpha value is -2.70. The van der Waals surface area contributed by atoms with E-state index in [0.717, 1.165) is 11.3 Å². The number of hydrogen-bond donors (Lipinski definition) is 2. The number of nitrogens with one attached hydrogen (secondary N) is 2. The standard InChI is InChI=1S/C14H16N4O3/c1-9(19)18-12(14(20)21-2)6-11-13(17-8-16-11)10-4-3-5-15-7-10/h3-5,7-8,12H,6H2,1-2H3,(H,16,17)(H,18,19)/t12-/m0/s1. The second-order valence-electron chi connectivity index (χ2n) is 4.45. The van der Waals surface area contributed by atoms with Crippen LogP contribution in [0.25, 0.3) is 11.3 Å². The molecule has 0 saturated carbocycles. The zero-order valence-corrected chi connectivity index (χ0v) is 11.8. The quantitative estimate of drug-likeness (QED) is 0.789. The highest BCUT2D eigenvalue weighted by molar-refractivity contribution is 5.83. The van der Waals surface area contributed by atoms with Gasteiger partial charge >= 0.3 is 5.97 Å². The van der Waals surface area contributed by atoms with Crippen molar-refractivity contribution in [1.82, 2.24) is 20.3 Å². The highest BCUT2D eigenvalue weighted by atomic mass is 16.5. The predicted molar refractivity (Wildman–Crippen MR) is 75.1 cm³/mol. The van der Waals surface area contributed by atoms with Crippen molar-refractivity contribution in [1.29, 1.82) is 0 Å². The molecule has 0 unspecified atom stereocenters. The Labute approximate surface area is 121 Å². The third kappa shape index (κ3) is 3.65. The van der Waals surface area contributed by atoms with Gasteiger partial charge in [0.25, 0.3) is 0 Å². The van der Waals surface area contributed by atoms with Crippen molar-refractivity contribution in [2.24, 2.45) is 0 Å². The summed E-state index contributed by atoms with van der Waals surface area (Å²) >= 11 is 0. The highest BCUT2D eigenvalue weighted by Crippen LogP contribution is 2.20. The van der Waals surface area contributed by atoms with E-state index in [1.807, 2.05) is 6.07 Å². The van der Waals surface area contributed by atoms with Gasteiger partial charge in [-0.05, 0) is 12.1 Å². The van der Waals surface area contributed by atoms with Crippen LogP contribution in [0.2, 0.25) is 0 Å². The lowest BCUT2D eigenvalue weighted by Gasteiger charge is -2.15. The van der Waals surface area contributed by atoms with Crippen molar-refractivity contribution < 1.29 is 14.3 Å². The minimum absolute atomic E-state index is 0.260. The number of ether oxygens (including phenoxy) is 1. The van der Waals surface area contributed by atoms with Crippen LogP contribution in [0.5, 0.6) is 0 Å². The summed E-state index contributed by atoms with van der Waals surface area (Å²) in [4.78, 5) is 34.2. The highest BCUT2D eigenvalue weighted by Gasteiger charge is 2.23. The van der Waals surface area contributed by atoms with Crippen LogP contribution >= 0.6 is 0 Å². The summed E-state index contributed by atoms with van der Waals surface area (Å²) in [5.74, 6) is -0.801. The van der Waals surface area contributed by atoms with Crippen LogP contribution in [0, 0.1) is 0 Å². The lowest BCUT2D eigenvalue weighted by atomic mass is 10.1. The molecule has 0 radical (unpaired) electrons. The SMILES string of the molecule is COC(=O)[C@H](Cc1[nH]cnc1-c1cccnc1)NC(C)=O. The number of nitrogens with zero attached hydrogens (tertiary/aromatic N) is 2. The molecular weight excluding hydrogens is 272 g/mol. The van der Waals surface area contributed by atoms with Crippen molar-refractivity contribution in [3.63, 3.8) is 0 Å². The summed E-state index contributed by atoms with van der Waals surface area (Å²) in [5.41, 5.74) is 2.26. The maximum atomic E-state index is 11.7. The molecule has 2 aromatic rings. The minimum atomic E-state index is -0.761. The molecule has 0 aliphatic rings. The summed E-state index contributed by atoms with van der Waals surface area (Å²) in [6.07, 6.45) is 5.16. The van der Waals surface area contributed by atoms with Gasteiger partial charge in [-0.1, -0.05) is 0 Å². The third-order valence-electron chi connectivity index (χ3n) is 2.92. The topological polar surface area (TPSA) is 97.0 Å². The van der Waals surface area contributed by atoms with E-state index in [4.69, 9.17) is 4.74 Å². The molecule has 7 heteroatoms. The Kier molecular flexibility index (Phi) is 4.65. The average molecular weight is 288 g/mol. The molecule has 0 aliphatic carbocycles. The zero-order valence-electron chi connectivity index (χ0n) is 11.8. The molecule has 2 aromatic heterocycles. The van der Waals surface area contributed by atoms with Gasteiger partial charge in [0.15, 0.2) is 0 Å². The number of H-pyrrole nitrogens is 1. The van der Waals surface area contributed by atoms with E-state index in [9.17, 15) is 9.59 Å². The van der Waals surface area contributed by atoms with Gasteiger partial charge in [0.05, 0.1) is 19.1 Å². The molecule has 7 nitrogen and oxygen atoms in total. The van der Waals surface area contributed by atoms with E-state index in [-0.39, 0.29) is 12.3 Å². The first-order valence-corrected chi connectivity index (χ1v) is 6.39. The van der Waals surface area contributed by atoms with Gasteiger partial charge in [-0.15, -0.1) is 0 Å². The fourth-order valence-electron chi connectivity index (χ4n) is 2.01. The fourth-order valence-corrected chi connectivity index (χ4v) is 2.01. The van der Waals surface area contributed by atoms with Crippen molar-refractivity contribution in [3.05, 3.63) is 36.5 Å². The Morgan fingerprint density at radius 1 is 1.48 bits per heavy atom. The number of hydrogen-bond acceptors (Lipinski definition) is 5. The lowest BCUT2D eigenvalue weighted by molar-refractivity contribution is -0.144. The molecule has 0 fully saturated rings. The average Bonchev–Trinajstić information content (AvgIpc) is 2.94. The van der Waals surface area contributed by atoms with E-state index in [1.54, 1.807) is 24.8 Å². The lowest BCUT2D eigenvalue weighted by Crippen LogP contribution is -2.42. The van der Waals surface area contributed by atoms with Crippen molar-refractivity contribution in [3.8, 4) is 11.3 Å². The van der Waals surface area contributed by atoms with E-state index in [2.05, 4.69) is 20.3 Å². The number of esters is 1. The predicted octanol–water partition coefficient (Wildman–Crippen LogP) is 0.692. The molecule has 2 rings (SSSR count). The van der Waals surface area contributed by atoms with Crippen LogP contribution in [-0.2, 0) is 20.7 Å². The van der Waals surface area contributed by atoms with Gasteiger partial charge in [-0.2, -0.15) is 0 Å². The first-order valence-electron chi connectivity index (χ1n) is 6.39. The van der Waals surface area contributed by atoms with Crippen LogP contribution in [0.3, 0.4) is 0 Å². The summed E-state index contributed by atoms with van der Waals surface area (Å²) in [7, 11) is 1.28. The molecule has 1 atom stereocenters. The van der Waals surface area contributed by atoms with E-state index >= 15 is 0 Å². The molecule has 2 heterocycles. The van der Waals surface area contributed by atoms with Crippen molar-refractivity contribution >= 4 is 11.9 Å². The number of aromatic amines is 1. The van der Waals surface area contributed by atoms with Crippen LogP contribution in [0.15, 0.2) is 30.9 Å². The second kappa shape index (κ2) is 6.65.